The lowest BCUT2D eigenvalue weighted by Gasteiger charge is -2.06. The molecule has 22 heavy (non-hydrogen) atoms. The van der Waals surface area contributed by atoms with Gasteiger partial charge in [-0.05, 0) is 29.6 Å². The molecule has 0 saturated carbocycles. The Morgan fingerprint density at radius 1 is 1.41 bits per heavy atom. The van der Waals surface area contributed by atoms with Crippen LogP contribution in [0.5, 0.6) is 0 Å². The van der Waals surface area contributed by atoms with Gasteiger partial charge < -0.3 is 10.1 Å². The number of carbonyl (C=O) groups is 2. The van der Waals surface area contributed by atoms with Gasteiger partial charge in [-0.25, -0.2) is 9.18 Å². The van der Waals surface area contributed by atoms with Gasteiger partial charge in [-0.1, -0.05) is 11.6 Å². The first-order chi connectivity index (χ1) is 10.5. The van der Waals surface area contributed by atoms with Gasteiger partial charge in [0.05, 0.1) is 11.1 Å². The van der Waals surface area contributed by atoms with Crippen molar-refractivity contribution in [2.24, 2.45) is 0 Å². The number of thiophene rings is 1. The molecule has 1 amide bonds. The fourth-order valence-electron chi connectivity index (χ4n) is 1.52. The summed E-state index contributed by atoms with van der Waals surface area (Å²) in [6, 6.07) is 6.95. The van der Waals surface area contributed by atoms with E-state index in [4.69, 9.17) is 21.6 Å². The van der Waals surface area contributed by atoms with Crippen molar-refractivity contribution in [1.82, 2.24) is 0 Å². The Kier molecular flexibility index (Phi) is 5.09. The maximum Gasteiger partial charge on any atom is 0.341 e. The van der Waals surface area contributed by atoms with Crippen LogP contribution in [0.1, 0.15) is 15.9 Å². The van der Waals surface area contributed by atoms with Gasteiger partial charge in [0.1, 0.15) is 16.9 Å². The van der Waals surface area contributed by atoms with Crippen LogP contribution >= 0.6 is 22.9 Å². The largest absolute Gasteiger partial charge is 0.452 e. The minimum Gasteiger partial charge on any atom is -0.452 e. The van der Waals surface area contributed by atoms with E-state index in [2.05, 4.69) is 5.32 Å². The smallest absolute Gasteiger partial charge is 0.341 e. The highest BCUT2D eigenvalue weighted by atomic mass is 35.5. The molecule has 0 spiro atoms. The van der Waals surface area contributed by atoms with Gasteiger partial charge in [-0.15, -0.1) is 11.3 Å². The minimum absolute atomic E-state index is 0.147. The first kappa shape index (κ1) is 15.9. The zero-order valence-corrected chi connectivity index (χ0v) is 12.5. The minimum atomic E-state index is -0.976. The molecule has 2 rings (SSSR count). The number of carbonyl (C=O) groups excluding carboxylic acids is 2. The van der Waals surface area contributed by atoms with Gasteiger partial charge in [-0.3, -0.25) is 4.79 Å². The summed E-state index contributed by atoms with van der Waals surface area (Å²) in [4.78, 5) is 23.3. The van der Waals surface area contributed by atoms with E-state index < -0.39 is 24.3 Å². The van der Waals surface area contributed by atoms with Gasteiger partial charge in [0.15, 0.2) is 6.61 Å². The third-order valence-corrected chi connectivity index (χ3v) is 3.59. The SMILES string of the molecule is N#Cc1ccsc1NC(=O)COC(=O)c1ccc(Cl)cc1F. The number of esters is 1. The third-order valence-electron chi connectivity index (χ3n) is 2.52. The lowest BCUT2D eigenvalue weighted by atomic mass is 10.2. The average Bonchev–Trinajstić information content (AvgIpc) is 2.92. The molecule has 0 atom stereocenters. The summed E-state index contributed by atoms with van der Waals surface area (Å²) in [6.45, 7) is -0.594. The third kappa shape index (κ3) is 3.81. The van der Waals surface area contributed by atoms with Crippen molar-refractivity contribution in [3.05, 3.63) is 51.6 Å². The Morgan fingerprint density at radius 2 is 2.18 bits per heavy atom. The van der Waals surface area contributed by atoms with Gasteiger partial charge in [0.2, 0.25) is 0 Å². The molecule has 0 radical (unpaired) electrons. The molecule has 8 heteroatoms. The number of nitriles is 1. The van der Waals surface area contributed by atoms with Crippen LogP contribution in [0, 0.1) is 17.1 Å². The molecule has 112 valence electrons. The number of hydrogen-bond donors (Lipinski definition) is 1. The predicted molar refractivity (Wildman–Crippen MR) is 79.4 cm³/mol. The standard InChI is InChI=1S/C14H8ClFN2O3S/c15-9-1-2-10(11(16)5-9)14(20)21-7-12(19)18-13-8(6-17)3-4-22-13/h1-5H,7H2,(H,18,19). The Balaban J connectivity index is 1.94. The number of amides is 1. The molecule has 0 aliphatic carbocycles. The molecule has 5 nitrogen and oxygen atoms in total. The number of ether oxygens (including phenoxy) is 1. The Labute approximate surface area is 133 Å². The molecule has 1 N–H and O–H groups in total. The van der Waals surface area contributed by atoms with Crippen LogP contribution in [0.15, 0.2) is 29.6 Å². The summed E-state index contributed by atoms with van der Waals surface area (Å²) >= 11 is 6.74. The van der Waals surface area contributed by atoms with Crippen molar-refractivity contribution in [3.63, 3.8) is 0 Å². The van der Waals surface area contributed by atoms with E-state index in [1.165, 1.54) is 23.5 Å². The van der Waals surface area contributed by atoms with Crippen LogP contribution in [0.2, 0.25) is 5.02 Å². The normalized spacial score (nSPS) is 9.86. The summed E-state index contributed by atoms with van der Waals surface area (Å²) in [5.41, 5.74) is -0.000500. The van der Waals surface area contributed by atoms with E-state index >= 15 is 0 Å². The lowest BCUT2D eigenvalue weighted by Crippen LogP contribution is -2.21. The van der Waals surface area contributed by atoms with E-state index in [9.17, 15) is 14.0 Å². The number of nitrogens with one attached hydrogen (secondary N) is 1. The van der Waals surface area contributed by atoms with Crippen LogP contribution in [-0.4, -0.2) is 18.5 Å². The molecular weight excluding hydrogens is 331 g/mol. The molecular formula is C14H8ClFN2O3S. The first-order valence-corrected chi connectivity index (χ1v) is 7.16. The Morgan fingerprint density at radius 3 is 2.86 bits per heavy atom. The van der Waals surface area contributed by atoms with Crippen LogP contribution in [-0.2, 0) is 9.53 Å². The summed E-state index contributed by atoms with van der Waals surface area (Å²) in [5, 5.41) is 13.4. The van der Waals surface area contributed by atoms with Crippen LogP contribution < -0.4 is 5.32 Å². The van der Waals surface area contributed by atoms with E-state index in [1.54, 1.807) is 11.4 Å². The number of halogens is 2. The zero-order chi connectivity index (χ0) is 16.1. The second-order valence-electron chi connectivity index (χ2n) is 4.02. The fourth-order valence-corrected chi connectivity index (χ4v) is 2.43. The molecule has 1 aromatic heterocycles. The fraction of sp³-hybridized carbons (Fsp3) is 0.0714. The van der Waals surface area contributed by atoms with Crippen LogP contribution in [0.4, 0.5) is 9.39 Å². The van der Waals surface area contributed by atoms with Crippen molar-refractivity contribution in [3.8, 4) is 6.07 Å². The Hall–Kier alpha value is -2.43. The summed E-state index contributed by atoms with van der Waals surface area (Å²) < 4.78 is 18.2. The van der Waals surface area contributed by atoms with Crippen LogP contribution in [0.25, 0.3) is 0 Å². The predicted octanol–water partition coefficient (Wildman–Crippen LogP) is 3.21. The number of benzene rings is 1. The van der Waals surface area contributed by atoms with E-state index in [0.29, 0.717) is 10.6 Å². The molecule has 1 heterocycles. The second kappa shape index (κ2) is 7.02. The lowest BCUT2D eigenvalue weighted by molar-refractivity contribution is -0.119. The molecule has 1 aromatic carbocycles. The van der Waals surface area contributed by atoms with Crippen molar-refractivity contribution in [2.45, 2.75) is 0 Å². The van der Waals surface area contributed by atoms with E-state index in [-0.39, 0.29) is 10.6 Å². The summed E-state index contributed by atoms with van der Waals surface area (Å²) in [6.07, 6.45) is 0. The van der Waals surface area contributed by atoms with Gasteiger partial charge in [0, 0.05) is 5.02 Å². The van der Waals surface area contributed by atoms with Gasteiger partial charge in [-0.2, -0.15) is 5.26 Å². The number of hydrogen-bond acceptors (Lipinski definition) is 5. The van der Waals surface area contributed by atoms with Gasteiger partial charge in [0.25, 0.3) is 5.91 Å². The topological polar surface area (TPSA) is 79.2 Å². The summed E-state index contributed by atoms with van der Waals surface area (Å²) in [5.74, 6) is -2.43. The number of rotatable bonds is 4. The summed E-state index contributed by atoms with van der Waals surface area (Å²) in [7, 11) is 0. The maximum atomic E-state index is 13.5. The maximum absolute atomic E-state index is 13.5. The molecule has 0 aliphatic heterocycles. The number of anilines is 1. The van der Waals surface area contributed by atoms with Crippen molar-refractivity contribution >= 4 is 39.8 Å². The molecule has 0 saturated heterocycles. The van der Waals surface area contributed by atoms with E-state index in [0.717, 1.165) is 6.07 Å². The van der Waals surface area contributed by atoms with Gasteiger partial charge >= 0.3 is 5.97 Å². The molecule has 2 aromatic rings. The molecule has 0 fully saturated rings. The second-order valence-corrected chi connectivity index (χ2v) is 5.38. The highest BCUT2D eigenvalue weighted by molar-refractivity contribution is 7.14. The first-order valence-electron chi connectivity index (χ1n) is 5.91. The van der Waals surface area contributed by atoms with Crippen molar-refractivity contribution in [2.75, 3.05) is 11.9 Å². The molecule has 0 bridgehead atoms. The van der Waals surface area contributed by atoms with Crippen molar-refractivity contribution < 1.29 is 18.7 Å². The monoisotopic (exact) mass is 338 g/mol. The average molecular weight is 339 g/mol. The zero-order valence-electron chi connectivity index (χ0n) is 10.9. The van der Waals surface area contributed by atoms with Crippen molar-refractivity contribution in [1.29, 1.82) is 5.26 Å². The molecule has 0 aliphatic rings. The molecule has 0 unspecified atom stereocenters. The highest BCUT2D eigenvalue weighted by Crippen LogP contribution is 2.22. The quantitative estimate of drug-likeness (QED) is 0.868. The Bertz CT molecular complexity index is 770. The van der Waals surface area contributed by atoms with Crippen LogP contribution in [0.3, 0.4) is 0 Å². The highest BCUT2D eigenvalue weighted by Gasteiger charge is 2.16. The number of nitrogens with zero attached hydrogens (tertiary/aromatic N) is 1. The van der Waals surface area contributed by atoms with E-state index in [1.807, 2.05) is 6.07 Å².